The van der Waals surface area contributed by atoms with Crippen LogP contribution in [-0.4, -0.2) is 9.97 Å². The zero-order valence-electron chi connectivity index (χ0n) is 10.1. The topological polar surface area (TPSA) is 63.8 Å². The molecule has 0 aliphatic carbocycles. The molecule has 2 rings (SSSR count). The molecule has 0 spiro atoms. The summed E-state index contributed by atoms with van der Waals surface area (Å²) in [6.07, 6.45) is 1.88. The summed E-state index contributed by atoms with van der Waals surface area (Å²) in [4.78, 5) is 7.46. The summed E-state index contributed by atoms with van der Waals surface area (Å²) in [6.45, 7) is 2.02. The number of nitrogens with zero attached hydrogens (tertiary/aromatic N) is 2. The minimum atomic E-state index is -0.501. The summed E-state index contributed by atoms with van der Waals surface area (Å²) in [5.74, 6) is -0.307. The van der Waals surface area contributed by atoms with Crippen molar-refractivity contribution < 1.29 is 4.39 Å². The molecule has 94 valence electrons. The Morgan fingerprint density at radius 1 is 1.33 bits per heavy atom. The molecule has 5 heteroatoms. The number of nitrogens with two attached hydrogens (primary N) is 1. The van der Waals surface area contributed by atoms with Crippen molar-refractivity contribution in [3.8, 4) is 0 Å². The van der Waals surface area contributed by atoms with Gasteiger partial charge in [-0.3, -0.25) is 0 Å². The van der Waals surface area contributed by atoms with E-state index in [2.05, 4.69) is 15.3 Å². The van der Waals surface area contributed by atoms with Gasteiger partial charge < -0.3 is 11.1 Å². The molecule has 1 atom stereocenters. The Bertz CT molecular complexity index is 516. The van der Waals surface area contributed by atoms with Gasteiger partial charge in [-0.2, -0.15) is 4.98 Å². The van der Waals surface area contributed by atoms with E-state index < -0.39 is 5.82 Å². The second-order valence-electron chi connectivity index (χ2n) is 3.94. The van der Waals surface area contributed by atoms with Crippen molar-refractivity contribution in [3.63, 3.8) is 0 Å². The van der Waals surface area contributed by atoms with E-state index in [4.69, 9.17) is 5.73 Å². The molecule has 0 saturated heterocycles. The maximum Gasteiger partial charge on any atom is 0.222 e. The fourth-order valence-electron chi connectivity index (χ4n) is 1.75. The van der Waals surface area contributed by atoms with Crippen LogP contribution in [0.1, 0.15) is 24.9 Å². The van der Waals surface area contributed by atoms with Gasteiger partial charge in [0.05, 0.1) is 12.2 Å². The van der Waals surface area contributed by atoms with Gasteiger partial charge in [0.15, 0.2) is 11.6 Å². The molecule has 0 radical (unpaired) electrons. The molecule has 0 amide bonds. The van der Waals surface area contributed by atoms with E-state index in [0.29, 0.717) is 0 Å². The highest BCUT2D eigenvalue weighted by Gasteiger charge is 2.12. The van der Waals surface area contributed by atoms with Crippen LogP contribution in [0.2, 0.25) is 0 Å². The molecular weight excluding hydrogens is 231 g/mol. The molecule has 1 heterocycles. The van der Waals surface area contributed by atoms with Crippen molar-refractivity contribution >= 4 is 11.8 Å². The quantitative estimate of drug-likeness (QED) is 0.870. The number of hydrogen-bond acceptors (Lipinski definition) is 4. The second-order valence-corrected chi connectivity index (χ2v) is 3.94. The number of nitrogen functional groups attached to an aromatic ring is 1. The lowest BCUT2D eigenvalue weighted by Crippen LogP contribution is -2.13. The van der Waals surface area contributed by atoms with E-state index in [0.717, 1.165) is 18.2 Å². The fourth-order valence-corrected chi connectivity index (χ4v) is 1.75. The zero-order chi connectivity index (χ0) is 13.0. The number of hydrogen-bond donors (Lipinski definition) is 2. The number of benzene rings is 1. The molecule has 2 aromatic rings. The first-order chi connectivity index (χ1) is 8.70. The maximum atomic E-state index is 13.5. The molecule has 1 unspecified atom stereocenters. The summed E-state index contributed by atoms with van der Waals surface area (Å²) in [5, 5.41) is 3.05. The standard InChI is InChI=1S/C13H15FN4/c1-2-11(9-6-4-3-5-7-9)17-12-10(14)8-16-13(15)18-12/h3-8,11H,2H2,1H3,(H3,15,16,17,18). The lowest BCUT2D eigenvalue weighted by atomic mass is 10.0. The minimum absolute atomic E-state index is 0.00463. The predicted octanol–water partition coefficient (Wildman–Crippen LogP) is 2.76. The van der Waals surface area contributed by atoms with Crippen molar-refractivity contribution in [1.82, 2.24) is 9.97 Å². The lowest BCUT2D eigenvalue weighted by Gasteiger charge is -2.18. The minimum Gasteiger partial charge on any atom is -0.368 e. The molecule has 1 aromatic carbocycles. The van der Waals surface area contributed by atoms with E-state index in [-0.39, 0.29) is 17.8 Å². The Morgan fingerprint density at radius 3 is 2.72 bits per heavy atom. The molecule has 3 N–H and O–H groups in total. The molecular formula is C13H15FN4. The van der Waals surface area contributed by atoms with Gasteiger partial charge in [0, 0.05) is 0 Å². The highest BCUT2D eigenvalue weighted by molar-refractivity contribution is 5.42. The molecule has 4 nitrogen and oxygen atoms in total. The molecule has 0 bridgehead atoms. The summed E-state index contributed by atoms with van der Waals surface area (Å²) >= 11 is 0. The van der Waals surface area contributed by atoms with Gasteiger partial charge in [0.25, 0.3) is 0 Å². The van der Waals surface area contributed by atoms with Gasteiger partial charge in [-0.15, -0.1) is 0 Å². The maximum absolute atomic E-state index is 13.5. The van der Waals surface area contributed by atoms with Crippen molar-refractivity contribution in [3.05, 3.63) is 47.9 Å². The molecule has 18 heavy (non-hydrogen) atoms. The monoisotopic (exact) mass is 246 g/mol. The molecule has 0 saturated carbocycles. The zero-order valence-corrected chi connectivity index (χ0v) is 10.1. The first kappa shape index (κ1) is 12.3. The largest absolute Gasteiger partial charge is 0.368 e. The van der Waals surface area contributed by atoms with Crippen LogP contribution in [-0.2, 0) is 0 Å². The van der Waals surface area contributed by atoms with Crippen LogP contribution < -0.4 is 11.1 Å². The van der Waals surface area contributed by atoms with Gasteiger partial charge >= 0.3 is 0 Å². The molecule has 0 aliphatic rings. The summed E-state index contributed by atoms with van der Waals surface area (Å²) in [6, 6.07) is 9.82. The number of aromatic nitrogens is 2. The third-order valence-electron chi connectivity index (χ3n) is 2.68. The SMILES string of the molecule is CCC(Nc1nc(N)ncc1F)c1ccccc1. The number of halogens is 1. The summed E-state index contributed by atoms with van der Waals surface area (Å²) < 4.78 is 13.5. The Balaban J connectivity index is 2.23. The van der Waals surface area contributed by atoms with E-state index in [9.17, 15) is 4.39 Å². The third kappa shape index (κ3) is 2.74. The van der Waals surface area contributed by atoms with E-state index >= 15 is 0 Å². The predicted molar refractivity (Wildman–Crippen MR) is 69.5 cm³/mol. The first-order valence-corrected chi connectivity index (χ1v) is 5.80. The average molecular weight is 246 g/mol. The highest BCUT2D eigenvalue weighted by Crippen LogP contribution is 2.22. The van der Waals surface area contributed by atoms with Crippen LogP contribution in [0.4, 0.5) is 16.2 Å². The first-order valence-electron chi connectivity index (χ1n) is 5.80. The van der Waals surface area contributed by atoms with Crippen LogP contribution in [0.15, 0.2) is 36.5 Å². The van der Waals surface area contributed by atoms with Crippen molar-refractivity contribution in [2.45, 2.75) is 19.4 Å². The fraction of sp³-hybridized carbons (Fsp3) is 0.231. The van der Waals surface area contributed by atoms with Gasteiger partial charge in [-0.25, -0.2) is 9.37 Å². The molecule has 1 aromatic heterocycles. The molecule has 0 aliphatic heterocycles. The summed E-state index contributed by atoms with van der Waals surface area (Å²) in [5.41, 5.74) is 6.53. The third-order valence-corrected chi connectivity index (χ3v) is 2.68. The van der Waals surface area contributed by atoms with Crippen LogP contribution in [0.5, 0.6) is 0 Å². The van der Waals surface area contributed by atoms with Crippen LogP contribution >= 0.6 is 0 Å². The Kier molecular flexibility index (Phi) is 3.72. The Labute approximate surface area is 105 Å². The highest BCUT2D eigenvalue weighted by atomic mass is 19.1. The smallest absolute Gasteiger partial charge is 0.222 e. The van der Waals surface area contributed by atoms with Crippen molar-refractivity contribution in [1.29, 1.82) is 0 Å². The van der Waals surface area contributed by atoms with E-state index in [1.54, 1.807) is 0 Å². The average Bonchev–Trinajstić information content (AvgIpc) is 2.41. The van der Waals surface area contributed by atoms with E-state index in [1.165, 1.54) is 0 Å². The Morgan fingerprint density at radius 2 is 2.06 bits per heavy atom. The van der Waals surface area contributed by atoms with Crippen LogP contribution in [0, 0.1) is 5.82 Å². The normalized spacial score (nSPS) is 12.1. The Hall–Kier alpha value is -2.17. The van der Waals surface area contributed by atoms with Gasteiger partial charge in [0.2, 0.25) is 5.95 Å². The van der Waals surface area contributed by atoms with Crippen molar-refractivity contribution in [2.24, 2.45) is 0 Å². The van der Waals surface area contributed by atoms with Gasteiger partial charge in [-0.05, 0) is 12.0 Å². The lowest BCUT2D eigenvalue weighted by molar-refractivity contribution is 0.610. The van der Waals surface area contributed by atoms with Gasteiger partial charge in [0.1, 0.15) is 0 Å². The molecule has 0 fully saturated rings. The number of nitrogens with one attached hydrogen (secondary N) is 1. The van der Waals surface area contributed by atoms with Crippen LogP contribution in [0.25, 0.3) is 0 Å². The van der Waals surface area contributed by atoms with Gasteiger partial charge in [-0.1, -0.05) is 37.3 Å². The van der Waals surface area contributed by atoms with E-state index in [1.807, 2.05) is 37.3 Å². The van der Waals surface area contributed by atoms with Crippen molar-refractivity contribution in [2.75, 3.05) is 11.1 Å². The second kappa shape index (κ2) is 5.44. The number of rotatable bonds is 4. The number of anilines is 2. The van der Waals surface area contributed by atoms with Crippen LogP contribution in [0.3, 0.4) is 0 Å². The summed E-state index contributed by atoms with van der Waals surface area (Å²) in [7, 11) is 0.